The van der Waals surface area contributed by atoms with Gasteiger partial charge in [0.15, 0.2) is 0 Å². The molecule has 0 saturated carbocycles. The van der Waals surface area contributed by atoms with Gasteiger partial charge in [-0.2, -0.15) is 0 Å². The van der Waals surface area contributed by atoms with E-state index in [-0.39, 0.29) is 18.1 Å². The number of aliphatic hydroxyl groups excluding tert-OH is 1. The highest BCUT2D eigenvalue weighted by molar-refractivity contribution is 5.78. The molecule has 18 heavy (non-hydrogen) atoms. The summed E-state index contributed by atoms with van der Waals surface area (Å²) in [5.74, 6) is 0.420. The molecule has 0 bridgehead atoms. The standard InChI is InChI=1S/C13H24N2O3/c1-10-2-5-15(8-12(10)16)9-13(17)14-11-3-6-18-7-4-11/h10-12,16H,2-9H2,1H3,(H,14,17). The average Bonchev–Trinajstić information content (AvgIpc) is 2.35. The highest BCUT2D eigenvalue weighted by atomic mass is 16.5. The maximum absolute atomic E-state index is 11.9. The van der Waals surface area contributed by atoms with E-state index in [4.69, 9.17) is 4.74 Å². The number of likely N-dealkylation sites (tertiary alicyclic amines) is 1. The van der Waals surface area contributed by atoms with Crippen molar-refractivity contribution in [3.05, 3.63) is 0 Å². The van der Waals surface area contributed by atoms with Crippen molar-refractivity contribution in [2.75, 3.05) is 32.8 Å². The van der Waals surface area contributed by atoms with Gasteiger partial charge in [0.05, 0.1) is 12.6 Å². The van der Waals surface area contributed by atoms with Crippen molar-refractivity contribution < 1.29 is 14.6 Å². The monoisotopic (exact) mass is 256 g/mol. The first-order chi connectivity index (χ1) is 8.65. The Balaban J connectivity index is 1.70. The Morgan fingerprint density at radius 1 is 1.39 bits per heavy atom. The molecule has 5 nitrogen and oxygen atoms in total. The fraction of sp³-hybridized carbons (Fsp3) is 0.923. The number of rotatable bonds is 3. The first-order valence-corrected chi connectivity index (χ1v) is 6.92. The average molecular weight is 256 g/mol. The molecule has 2 unspecified atom stereocenters. The number of carbonyl (C=O) groups excluding carboxylic acids is 1. The summed E-state index contributed by atoms with van der Waals surface area (Å²) in [6.45, 7) is 5.46. The minimum atomic E-state index is -0.297. The van der Waals surface area contributed by atoms with Crippen LogP contribution in [0, 0.1) is 5.92 Å². The molecule has 1 amide bonds. The minimum absolute atomic E-state index is 0.0728. The normalized spacial score (nSPS) is 31.2. The molecule has 0 aromatic rings. The lowest BCUT2D eigenvalue weighted by atomic mass is 9.96. The molecular formula is C13H24N2O3. The lowest BCUT2D eigenvalue weighted by Gasteiger charge is -2.34. The van der Waals surface area contributed by atoms with Gasteiger partial charge in [0.2, 0.25) is 5.91 Å². The number of piperidine rings is 1. The number of carbonyl (C=O) groups is 1. The van der Waals surface area contributed by atoms with Gasteiger partial charge in [-0.1, -0.05) is 6.92 Å². The number of β-amino-alcohol motifs (C(OH)–C–C–N with tert-alkyl or cyclic N) is 1. The van der Waals surface area contributed by atoms with Gasteiger partial charge in [-0.05, 0) is 31.7 Å². The fourth-order valence-corrected chi connectivity index (χ4v) is 2.58. The molecular weight excluding hydrogens is 232 g/mol. The van der Waals surface area contributed by atoms with Crippen LogP contribution in [0.2, 0.25) is 0 Å². The van der Waals surface area contributed by atoms with E-state index in [0.717, 1.165) is 39.0 Å². The van der Waals surface area contributed by atoms with E-state index >= 15 is 0 Å². The molecule has 5 heteroatoms. The van der Waals surface area contributed by atoms with Crippen LogP contribution in [0.4, 0.5) is 0 Å². The summed E-state index contributed by atoms with van der Waals surface area (Å²) in [5, 5.41) is 12.8. The second kappa shape index (κ2) is 6.50. The van der Waals surface area contributed by atoms with Gasteiger partial charge in [0, 0.05) is 25.8 Å². The first kappa shape index (κ1) is 13.8. The van der Waals surface area contributed by atoms with Crippen molar-refractivity contribution in [2.24, 2.45) is 5.92 Å². The number of nitrogens with zero attached hydrogens (tertiary/aromatic N) is 1. The summed E-state index contributed by atoms with van der Waals surface area (Å²) in [7, 11) is 0. The molecule has 0 spiro atoms. The molecule has 2 N–H and O–H groups in total. The molecule has 2 heterocycles. The van der Waals surface area contributed by atoms with Gasteiger partial charge >= 0.3 is 0 Å². The van der Waals surface area contributed by atoms with Gasteiger partial charge in [-0.15, -0.1) is 0 Å². The number of hydrogen-bond donors (Lipinski definition) is 2. The predicted molar refractivity (Wildman–Crippen MR) is 68.2 cm³/mol. The van der Waals surface area contributed by atoms with Crippen LogP contribution in [0.3, 0.4) is 0 Å². The van der Waals surface area contributed by atoms with E-state index in [1.54, 1.807) is 0 Å². The lowest BCUT2D eigenvalue weighted by molar-refractivity contribution is -0.124. The Hall–Kier alpha value is -0.650. The van der Waals surface area contributed by atoms with Crippen LogP contribution in [-0.2, 0) is 9.53 Å². The van der Waals surface area contributed by atoms with Gasteiger partial charge in [0.25, 0.3) is 0 Å². The molecule has 0 radical (unpaired) electrons. The van der Waals surface area contributed by atoms with Crippen LogP contribution in [0.15, 0.2) is 0 Å². The van der Waals surface area contributed by atoms with Crippen molar-refractivity contribution in [1.82, 2.24) is 10.2 Å². The van der Waals surface area contributed by atoms with E-state index < -0.39 is 0 Å². The maximum Gasteiger partial charge on any atom is 0.234 e. The second-order valence-electron chi connectivity index (χ2n) is 5.52. The summed E-state index contributed by atoms with van der Waals surface area (Å²) in [5.41, 5.74) is 0. The maximum atomic E-state index is 11.9. The fourth-order valence-electron chi connectivity index (χ4n) is 2.58. The van der Waals surface area contributed by atoms with Crippen molar-refractivity contribution in [3.63, 3.8) is 0 Å². The molecule has 104 valence electrons. The molecule has 2 aliphatic heterocycles. The van der Waals surface area contributed by atoms with Crippen LogP contribution in [-0.4, -0.2) is 60.9 Å². The molecule has 0 aromatic heterocycles. The smallest absolute Gasteiger partial charge is 0.234 e. The van der Waals surface area contributed by atoms with E-state index in [1.807, 2.05) is 4.90 Å². The first-order valence-electron chi connectivity index (χ1n) is 6.92. The van der Waals surface area contributed by atoms with Crippen LogP contribution < -0.4 is 5.32 Å². The summed E-state index contributed by atoms with van der Waals surface area (Å²) in [4.78, 5) is 13.9. The third-order valence-electron chi connectivity index (χ3n) is 3.96. The molecule has 2 rings (SSSR count). The molecule has 0 aliphatic carbocycles. The van der Waals surface area contributed by atoms with Crippen molar-refractivity contribution >= 4 is 5.91 Å². The Bertz CT molecular complexity index is 279. The largest absolute Gasteiger partial charge is 0.392 e. The summed E-state index contributed by atoms with van der Waals surface area (Å²) < 4.78 is 5.26. The lowest BCUT2D eigenvalue weighted by Crippen LogP contribution is -2.49. The van der Waals surface area contributed by atoms with E-state index in [2.05, 4.69) is 12.2 Å². The highest BCUT2D eigenvalue weighted by Gasteiger charge is 2.26. The van der Waals surface area contributed by atoms with Crippen molar-refractivity contribution in [2.45, 2.75) is 38.3 Å². The summed E-state index contributed by atoms with van der Waals surface area (Å²) >= 11 is 0. The third-order valence-corrected chi connectivity index (χ3v) is 3.96. The Kier molecular flexibility index (Phi) is 4.97. The second-order valence-corrected chi connectivity index (χ2v) is 5.52. The topological polar surface area (TPSA) is 61.8 Å². The Labute approximate surface area is 108 Å². The molecule has 2 fully saturated rings. The van der Waals surface area contributed by atoms with Crippen LogP contribution in [0.25, 0.3) is 0 Å². The molecule has 2 aliphatic rings. The van der Waals surface area contributed by atoms with Gasteiger partial charge < -0.3 is 15.2 Å². The highest BCUT2D eigenvalue weighted by Crippen LogP contribution is 2.16. The van der Waals surface area contributed by atoms with Crippen LogP contribution >= 0.6 is 0 Å². The van der Waals surface area contributed by atoms with E-state index in [0.29, 0.717) is 19.0 Å². The van der Waals surface area contributed by atoms with Gasteiger partial charge in [-0.25, -0.2) is 0 Å². The Morgan fingerprint density at radius 2 is 2.11 bits per heavy atom. The molecule has 0 aromatic carbocycles. The molecule has 2 atom stereocenters. The van der Waals surface area contributed by atoms with Gasteiger partial charge in [-0.3, -0.25) is 9.69 Å². The van der Waals surface area contributed by atoms with Gasteiger partial charge in [0.1, 0.15) is 0 Å². The Morgan fingerprint density at radius 3 is 2.78 bits per heavy atom. The zero-order valence-corrected chi connectivity index (χ0v) is 11.1. The summed E-state index contributed by atoms with van der Waals surface area (Å²) in [6, 6.07) is 0.264. The van der Waals surface area contributed by atoms with Crippen LogP contribution in [0.1, 0.15) is 26.2 Å². The predicted octanol–water partition coefficient (Wildman–Crippen LogP) is -0.0157. The van der Waals surface area contributed by atoms with Crippen molar-refractivity contribution in [1.29, 1.82) is 0 Å². The van der Waals surface area contributed by atoms with E-state index in [9.17, 15) is 9.90 Å². The number of aliphatic hydroxyl groups is 1. The SMILES string of the molecule is CC1CCN(CC(=O)NC2CCOCC2)CC1O. The number of nitrogens with one attached hydrogen (secondary N) is 1. The number of amides is 1. The zero-order valence-electron chi connectivity index (χ0n) is 11.1. The van der Waals surface area contributed by atoms with Crippen LogP contribution in [0.5, 0.6) is 0 Å². The summed E-state index contributed by atoms with van der Waals surface area (Å²) in [6.07, 6.45) is 2.48. The third kappa shape index (κ3) is 3.93. The quantitative estimate of drug-likeness (QED) is 0.745. The van der Waals surface area contributed by atoms with E-state index in [1.165, 1.54) is 0 Å². The number of hydrogen-bond acceptors (Lipinski definition) is 4. The molecule has 2 saturated heterocycles. The minimum Gasteiger partial charge on any atom is -0.392 e. The zero-order chi connectivity index (χ0) is 13.0. The number of ether oxygens (including phenoxy) is 1. The van der Waals surface area contributed by atoms with Crippen molar-refractivity contribution in [3.8, 4) is 0 Å².